The first-order valence-electron chi connectivity index (χ1n) is 3.58. The maximum Gasteiger partial charge on any atom is 0.284 e. The Hall–Kier alpha value is -1.49. The van der Waals surface area contributed by atoms with Crippen molar-refractivity contribution in [1.82, 2.24) is 0 Å². The summed E-state index contributed by atoms with van der Waals surface area (Å²) in [6.07, 6.45) is 0. The molecule has 6 heteroatoms. The fraction of sp³-hybridized carbons (Fsp3) is 0.125. The molecule has 0 radical (unpaired) electrons. The van der Waals surface area contributed by atoms with E-state index >= 15 is 0 Å². The lowest BCUT2D eigenvalue weighted by Gasteiger charge is -2.01. The van der Waals surface area contributed by atoms with Gasteiger partial charge in [-0.2, -0.15) is 0 Å². The topological polar surface area (TPSA) is 60.2 Å². The maximum absolute atomic E-state index is 13.3. The van der Waals surface area contributed by atoms with Gasteiger partial charge in [0.15, 0.2) is 0 Å². The van der Waals surface area contributed by atoms with Crippen LogP contribution in [0.1, 0.15) is 15.9 Å². The van der Waals surface area contributed by atoms with E-state index in [4.69, 9.17) is 11.6 Å². The van der Waals surface area contributed by atoms with Gasteiger partial charge in [0.25, 0.3) is 10.9 Å². The van der Waals surface area contributed by atoms with Crippen molar-refractivity contribution in [3.05, 3.63) is 39.2 Å². The minimum absolute atomic E-state index is 0.139. The molecule has 0 saturated heterocycles. The fourth-order valence-electron chi connectivity index (χ4n) is 1.01. The molecule has 0 fully saturated rings. The number of nitro groups is 1. The number of hydrogen-bond donors (Lipinski definition) is 0. The molecule has 74 valence electrons. The molecule has 0 atom stereocenters. The predicted octanol–water partition coefficient (Wildman–Crippen LogP) is 2.42. The molecule has 0 aliphatic heterocycles. The number of nitro benzene ring substituents is 1. The highest BCUT2D eigenvalue weighted by Crippen LogP contribution is 2.25. The highest BCUT2D eigenvalue weighted by atomic mass is 35.5. The Kier molecular flexibility index (Phi) is 2.81. The van der Waals surface area contributed by atoms with Gasteiger partial charge in [0, 0.05) is 6.07 Å². The molecule has 0 amide bonds. The summed E-state index contributed by atoms with van der Waals surface area (Å²) in [5.74, 6) is -0.945. The summed E-state index contributed by atoms with van der Waals surface area (Å²) in [6.45, 7) is 1.39. The molecule has 0 saturated carbocycles. The SMILES string of the molecule is Cc1ccc([N+](=O)[O-])c(C(=O)Cl)c1F. The molecule has 0 spiro atoms. The number of hydrogen-bond acceptors (Lipinski definition) is 3. The van der Waals surface area contributed by atoms with E-state index in [2.05, 4.69) is 0 Å². The number of carbonyl (C=O) groups excluding carboxylic acids is 1. The van der Waals surface area contributed by atoms with Crippen molar-refractivity contribution in [1.29, 1.82) is 0 Å². The van der Waals surface area contributed by atoms with Gasteiger partial charge in [-0.1, -0.05) is 0 Å². The largest absolute Gasteiger partial charge is 0.284 e. The molecule has 0 aliphatic rings. The molecular formula is C8H5ClFNO3. The van der Waals surface area contributed by atoms with Crippen molar-refractivity contribution >= 4 is 22.5 Å². The molecule has 1 aromatic rings. The molecular weight excluding hydrogens is 213 g/mol. The summed E-state index contributed by atoms with van der Waals surface area (Å²) in [4.78, 5) is 20.3. The van der Waals surface area contributed by atoms with Gasteiger partial charge in [-0.3, -0.25) is 14.9 Å². The number of nitrogens with zero attached hydrogens (tertiary/aromatic N) is 1. The van der Waals surface area contributed by atoms with Crippen LogP contribution in [0.3, 0.4) is 0 Å². The second-order valence-corrected chi connectivity index (χ2v) is 2.96. The van der Waals surface area contributed by atoms with Crippen molar-refractivity contribution in [2.75, 3.05) is 0 Å². The third-order valence-corrected chi connectivity index (χ3v) is 1.90. The zero-order chi connectivity index (χ0) is 10.9. The third-order valence-electron chi connectivity index (χ3n) is 1.71. The van der Waals surface area contributed by atoms with E-state index in [1.54, 1.807) is 0 Å². The van der Waals surface area contributed by atoms with E-state index in [-0.39, 0.29) is 5.56 Å². The van der Waals surface area contributed by atoms with Crippen LogP contribution in [0.15, 0.2) is 12.1 Å². The number of halogens is 2. The van der Waals surface area contributed by atoms with Gasteiger partial charge in [0.05, 0.1) is 4.92 Å². The second kappa shape index (κ2) is 3.71. The van der Waals surface area contributed by atoms with Gasteiger partial charge in [-0.15, -0.1) is 0 Å². The van der Waals surface area contributed by atoms with E-state index in [9.17, 15) is 19.3 Å². The Labute approximate surface area is 83.4 Å². The van der Waals surface area contributed by atoms with Crippen LogP contribution >= 0.6 is 11.6 Å². The molecule has 1 aromatic carbocycles. The van der Waals surface area contributed by atoms with E-state index < -0.39 is 27.2 Å². The van der Waals surface area contributed by atoms with Crippen molar-refractivity contribution in [3.63, 3.8) is 0 Å². The molecule has 1 rings (SSSR count). The molecule has 0 aromatic heterocycles. The van der Waals surface area contributed by atoms with Crippen molar-refractivity contribution in [3.8, 4) is 0 Å². The summed E-state index contributed by atoms with van der Waals surface area (Å²) >= 11 is 5.05. The number of aryl methyl sites for hydroxylation is 1. The Morgan fingerprint density at radius 2 is 2.14 bits per heavy atom. The van der Waals surface area contributed by atoms with Gasteiger partial charge < -0.3 is 0 Å². The zero-order valence-corrected chi connectivity index (χ0v) is 7.84. The third kappa shape index (κ3) is 1.72. The van der Waals surface area contributed by atoms with E-state index in [1.807, 2.05) is 0 Å². The fourth-order valence-corrected chi connectivity index (χ4v) is 1.19. The van der Waals surface area contributed by atoms with Crippen LogP contribution in [-0.2, 0) is 0 Å². The smallest absolute Gasteiger partial charge is 0.275 e. The first-order chi connectivity index (χ1) is 6.45. The summed E-state index contributed by atoms with van der Waals surface area (Å²) in [6, 6.07) is 2.27. The van der Waals surface area contributed by atoms with Gasteiger partial charge in [0.1, 0.15) is 11.4 Å². The van der Waals surface area contributed by atoms with Crippen LogP contribution in [0.5, 0.6) is 0 Å². The molecule has 4 nitrogen and oxygen atoms in total. The average Bonchev–Trinajstić information content (AvgIpc) is 2.08. The quantitative estimate of drug-likeness (QED) is 0.434. The Balaban J connectivity index is 3.53. The second-order valence-electron chi connectivity index (χ2n) is 2.62. The molecule has 0 bridgehead atoms. The van der Waals surface area contributed by atoms with E-state index in [0.717, 1.165) is 6.07 Å². The number of rotatable bonds is 2. The van der Waals surface area contributed by atoms with Crippen LogP contribution in [0.25, 0.3) is 0 Å². The lowest BCUT2D eigenvalue weighted by atomic mass is 10.1. The summed E-state index contributed by atoms with van der Waals surface area (Å²) in [5.41, 5.74) is -1.16. The van der Waals surface area contributed by atoms with Crippen LogP contribution in [0.2, 0.25) is 0 Å². The Morgan fingerprint density at radius 3 is 2.57 bits per heavy atom. The van der Waals surface area contributed by atoms with E-state index in [1.165, 1.54) is 13.0 Å². The van der Waals surface area contributed by atoms with Crippen LogP contribution < -0.4 is 0 Å². The normalized spacial score (nSPS) is 9.93. The molecule has 0 aliphatic carbocycles. The maximum atomic E-state index is 13.3. The lowest BCUT2D eigenvalue weighted by Crippen LogP contribution is -2.03. The Morgan fingerprint density at radius 1 is 1.57 bits per heavy atom. The van der Waals surface area contributed by atoms with Gasteiger partial charge in [-0.05, 0) is 30.2 Å². The average molecular weight is 218 g/mol. The summed E-state index contributed by atoms with van der Waals surface area (Å²) in [5, 5.41) is 9.25. The molecule has 0 heterocycles. The number of carbonyl (C=O) groups is 1. The van der Waals surface area contributed by atoms with Crippen LogP contribution in [0, 0.1) is 22.9 Å². The highest BCUT2D eigenvalue weighted by Gasteiger charge is 2.24. The van der Waals surface area contributed by atoms with Crippen molar-refractivity contribution < 1.29 is 14.1 Å². The minimum Gasteiger partial charge on any atom is -0.275 e. The van der Waals surface area contributed by atoms with Crippen LogP contribution in [0.4, 0.5) is 10.1 Å². The lowest BCUT2D eigenvalue weighted by molar-refractivity contribution is -0.385. The number of benzene rings is 1. The monoisotopic (exact) mass is 217 g/mol. The van der Waals surface area contributed by atoms with Gasteiger partial charge in [0.2, 0.25) is 0 Å². The summed E-state index contributed by atoms with van der Waals surface area (Å²) in [7, 11) is 0. The van der Waals surface area contributed by atoms with Crippen molar-refractivity contribution in [2.24, 2.45) is 0 Å². The Bertz CT molecular complexity index is 419. The zero-order valence-electron chi connectivity index (χ0n) is 7.08. The molecule has 0 N–H and O–H groups in total. The molecule has 0 unspecified atom stereocenters. The predicted molar refractivity (Wildman–Crippen MR) is 48.0 cm³/mol. The minimum atomic E-state index is -1.17. The first-order valence-corrected chi connectivity index (χ1v) is 3.96. The van der Waals surface area contributed by atoms with E-state index in [0.29, 0.717) is 0 Å². The van der Waals surface area contributed by atoms with Gasteiger partial charge in [-0.25, -0.2) is 4.39 Å². The van der Waals surface area contributed by atoms with Crippen molar-refractivity contribution in [2.45, 2.75) is 6.92 Å². The van der Waals surface area contributed by atoms with Crippen LogP contribution in [-0.4, -0.2) is 10.2 Å². The highest BCUT2D eigenvalue weighted by molar-refractivity contribution is 6.68. The van der Waals surface area contributed by atoms with Gasteiger partial charge >= 0.3 is 0 Å². The first kappa shape index (κ1) is 10.6. The standard InChI is InChI=1S/C8H5ClFNO3/c1-4-2-3-5(11(13)14)6(7(4)10)8(9)12/h2-3H,1H3. The molecule has 14 heavy (non-hydrogen) atoms. The summed E-state index contributed by atoms with van der Waals surface area (Å²) < 4.78 is 13.3.